The van der Waals surface area contributed by atoms with Gasteiger partial charge in [-0.3, -0.25) is 4.90 Å². The van der Waals surface area contributed by atoms with Gasteiger partial charge in [0.05, 0.1) is 0 Å². The van der Waals surface area contributed by atoms with Gasteiger partial charge in [-0.25, -0.2) is 4.79 Å². The Bertz CT molecular complexity index is 592. The molecule has 3 unspecified atom stereocenters. The predicted molar refractivity (Wildman–Crippen MR) is 116 cm³/mol. The van der Waals surface area contributed by atoms with Crippen LogP contribution in [0.15, 0.2) is 30.3 Å². The number of likely N-dealkylation sites (tertiary alicyclic amines) is 1. The van der Waals surface area contributed by atoms with Crippen molar-refractivity contribution in [2.45, 2.75) is 84.9 Å². The van der Waals surface area contributed by atoms with Crippen LogP contribution in [0.1, 0.15) is 78.8 Å². The monoisotopic (exact) mass is 388 g/mol. The van der Waals surface area contributed by atoms with Crippen LogP contribution >= 0.6 is 0 Å². The lowest BCUT2D eigenvalue weighted by molar-refractivity contribution is 0.0426. The normalized spacial score (nSPS) is 22.4. The van der Waals surface area contributed by atoms with E-state index in [1.807, 2.05) is 34.6 Å². The summed E-state index contributed by atoms with van der Waals surface area (Å²) in [6, 6.07) is 11.4. The summed E-state index contributed by atoms with van der Waals surface area (Å²) in [5.74, 6) is 1.12. The van der Waals surface area contributed by atoms with E-state index >= 15 is 0 Å². The van der Waals surface area contributed by atoms with E-state index in [9.17, 15) is 4.79 Å². The number of hydrogen-bond donors (Lipinski definition) is 1. The molecular formula is C24H40N2O2. The smallest absolute Gasteiger partial charge is 0.407 e. The highest BCUT2D eigenvalue weighted by molar-refractivity contribution is 5.68. The second kappa shape index (κ2) is 10.3. The van der Waals surface area contributed by atoms with E-state index < -0.39 is 5.60 Å². The molecule has 4 nitrogen and oxygen atoms in total. The Morgan fingerprint density at radius 1 is 1.11 bits per heavy atom. The number of carbonyl (C=O) groups excluding carboxylic acids is 1. The lowest BCUT2D eigenvalue weighted by atomic mass is 9.74. The van der Waals surface area contributed by atoms with Crippen molar-refractivity contribution < 1.29 is 9.53 Å². The Labute approximate surface area is 172 Å². The van der Waals surface area contributed by atoms with Crippen LogP contribution in [0.2, 0.25) is 0 Å². The van der Waals surface area contributed by atoms with E-state index in [1.165, 1.54) is 24.8 Å². The number of carbonyl (C=O) groups is 1. The molecule has 158 valence electrons. The number of benzene rings is 1. The zero-order valence-corrected chi connectivity index (χ0v) is 18.7. The fourth-order valence-electron chi connectivity index (χ4n) is 4.27. The maximum atomic E-state index is 12.4. The number of rotatable bonds is 5. The molecule has 28 heavy (non-hydrogen) atoms. The van der Waals surface area contributed by atoms with Gasteiger partial charge in [0.25, 0.3) is 0 Å². The summed E-state index contributed by atoms with van der Waals surface area (Å²) in [5, 5.41) is 3.23. The molecule has 1 heterocycles. The third kappa shape index (κ3) is 6.23. The average Bonchev–Trinajstić information content (AvgIpc) is 3.10. The van der Waals surface area contributed by atoms with E-state index in [4.69, 9.17) is 4.74 Å². The highest BCUT2D eigenvalue weighted by Crippen LogP contribution is 2.37. The van der Waals surface area contributed by atoms with Crippen molar-refractivity contribution in [2.24, 2.45) is 11.8 Å². The first-order valence-corrected chi connectivity index (χ1v) is 11.1. The number of hydrogen-bond acceptors (Lipinski definition) is 3. The van der Waals surface area contributed by atoms with E-state index in [0.717, 1.165) is 19.5 Å². The van der Waals surface area contributed by atoms with Crippen molar-refractivity contribution >= 4 is 6.09 Å². The molecule has 1 N–H and O–H groups in total. The van der Waals surface area contributed by atoms with Gasteiger partial charge in [-0.2, -0.15) is 0 Å². The van der Waals surface area contributed by atoms with Crippen LogP contribution in [0.4, 0.5) is 4.79 Å². The van der Waals surface area contributed by atoms with Gasteiger partial charge in [0.15, 0.2) is 0 Å². The van der Waals surface area contributed by atoms with E-state index in [1.54, 1.807) is 0 Å². The molecule has 4 heteroatoms. The number of ether oxygens (including phenoxy) is 1. The Kier molecular flexibility index (Phi) is 8.36. The summed E-state index contributed by atoms with van der Waals surface area (Å²) in [7, 11) is 0. The quantitative estimate of drug-likeness (QED) is 0.694. The molecular weight excluding hydrogens is 348 g/mol. The topological polar surface area (TPSA) is 41.6 Å². The molecule has 1 saturated heterocycles. The van der Waals surface area contributed by atoms with Crippen LogP contribution in [0.5, 0.6) is 0 Å². The summed E-state index contributed by atoms with van der Waals surface area (Å²) >= 11 is 0. The van der Waals surface area contributed by atoms with Gasteiger partial charge < -0.3 is 10.1 Å². The van der Waals surface area contributed by atoms with Crippen molar-refractivity contribution in [3.63, 3.8) is 0 Å². The third-order valence-corrected chi connectivity index (χ3v) is 5.93. The Morgan fingerprint density at radius 2 is 1.75 bits per heavy atom. The zero-order valence-electron chi connectivity index (χ0n) is 18.7. The number of nitrogens with zero attached hydrogens (tertiary/aromatic N) is 1. The van der Waals surface area contributed by atoms with Crippen molar-refractivity contribution in [3.8, 4) is 0 Å². The minimum absolute atomic E-state index is 0.242. The minimum atomic E-state index is -0.447. The van der Waals surface area contributed by atoms with Gasteiger partial charge in [-0.1, -0.05) is 50.6 Å². The van der Waals surface area contributed by atoms with Crippen LogP contribution in [0.3, 0.4) is 0 Å². The standard InChI is InChI=1S/C22H34N2O2.C2H6/c1-16(17-9-6-5-7-10-17)24-14-13-19(15-24)20(18-11-8-12-18)23-21(25)26-22(2,3)4;1-2/h5-7,9-10,16,18-20H,8,11-15H2,1-4H3,(H,23,25);1-2H3. The molecule has 3 rings (SSSR count). The molecule has 2 aliphatic rings. The van der Waals surface area contributed by atoms with Crippen molar-refractivity contribution in [1.29, 1.82) is 0 Å². The zero-order chi connectivity index (χ0) is 20.7. The Balaban J connectivity index is 0.00000136. The molecule has 0 bridgehead atoms. The summed E-state index contributed by atoms with van der Waals surface area (Å²) in [5.41, 5.74) is 0.922. The number of nitrogens with one attached hydrogen (secondary N) is 1. The first kappa shape index (κ1) is 22.7. The van der Waals surface area contributed by atoms with Gasteiger partial charge in [-0.15, -0.1) is 0 Å². The summed E-state index contributed by atoms with van der Waals surface area (Å²) in [6.07, 6.45) is 4.63. The first-order valence-electron chi connectivity index (χ1n) is 11.1. The fourth-order valence-corrected chi connectivity index (χ4v) is 4.27. The molecule has 1 aromatic carbocycles. The number of alkyl carbamates (subject to hydrolysis) is 1. The molecule has 1 saturated carbocycles. The SMILES string of the molecule is CC.CC(c1ccccc1)N1CCC(C(NC(=O)OC(C)(C)C)C2CCC2)C1. The Hall–Kier alpha value is -1.55. The highest BCUT2D eigenvalue weighted by atomic mass is 16.6. The largest absolute Gasteiger partial charge is 0.444 e. The van der Waals surface area contributed by atoms with Gasteiger partial charge in [0.1, 0.15) is 5.60 Å². The van der Waals surface area contributed by atoms with Crippen LogP contribution in [0.25, 0.3) is 0 Å². The number of amides is 1. The van der Waals surface area contributed by atoms with E-state index in [2.05, 4.69) is 47.5 Å². The van der Waals surface area contributed by atoms with Crippen molar-refractivity contribution in [2.75, 3.05) is 13.1 Å². The maximum Gasteiger partial charge on any atom is 0.407 e. The molecule has 0 aromatic heterocycles. The summed E-state index contributed by atoms with van der Waals surface area (Å²) < 4.78 is 5.53. The van der Waals surface area contributed by atoms with Gasteiger partial charge in [0.2, 0.25) is 0 Å². The van der Waals surface area contributed by atoms with Crippen molar-refractivity contribution in [1.82, 2.24) is 10.2 Å². The Morgan fingerprint density at radius 3 is 2.29 bits per heavy atom. The molecule has 3 atom stereocenters. The fraction of sp³-hybridized carbons (Fsp3) is 0.708. The van der Waals surface area contributed by atoms with Crippen molar-refractivity contribution in [3.05, 3.63) is 35.9 Å². The molecule has 2 fully saturated rings. The van der Waals surface area contributed by atoms with E-state index in [0.29, 0.717) is 17.9 Å². The molecule has 1 aromatic rings. The molecule has 1 aliphatic carbocycles. The molecule has 0 radical (unpaired) electrons. The minimum Gasteiger partial charge on any atom is -0.444 e. The first-order chi connectivity index (χ1) is 13.3. The second-order valence-electron chi connectivity index (χ2n) is 8.99. The lowest BCUT2D eigenvalue weighted by Gasteiger charge is -2.38. The molecule has 1 amide bonds. The third-order valence-electron chi connectivity index (χ3n) is 5.93. The van der Waals surface area contributed by atoms with Gasteiger partial charge in [0, 0.05) is 18.6 Å². The van der Waals surface area contributed by atoms with Crippen LogP contribution in [0, 0.1) is 11.8 Å². The summed E-state index contributed by atoms with van der Waals surface area (Å²) in [6.45, 7) is 14.2. The highest BCUT2D eigenvalue weighted by Gasteiger charge is 2.39. The van der Waals surface area contributed by atoms with Crippen LogP contribution in [-0.4, -0.2) is 35.7 Å². The van der Waals surface area contributed by atoms with E-state index in [-0.39, 0.29) is 12.1 Å². The predicted octanol–water partition coefficient (Wildman–Crippen LogP) is 5.79. The molecule has 0 spiro atoms. The second-order valence-corrected chi connectivity index (χ2v) is 8.99. The van der Waals surface area contributed by atoms with Gasteiger partial charge >= 0.3 is 6.09 Å². The van der Waals surface area contributed by atoms with Crippen LogP contribution < -0.4 is 5.32 Å². The van der Waals surface area contributed by atoms with Gasteiger partial charge in [-0.05, 0) is 70.9 Å². The summed E-state index contributed by atoms with van der Waals surface area (Å²) in [4.78, 5) is 14.9. The average molecular weight is 389 g/mol. The van der Waals surface area contributed by atoms with Crippen LogP contribution in [-0.2, 0) is 4.74 Å². The maximum absolute atomic E-state index is 12.4. The molecule has 1 aliphatic heterocycles. The lowest BCUT2D eigenvalue weighted by Crippen LogP contribution is -2.49.